The molecule has 0 saturated carbocycles. The summed E-state index contributed by atoms with van der Waals surface area (Å²) in [6, 6.07) is 4.67. The molecule has 0 spiro atoms. The van der Waals surface area contributed by atoms with E-state index in [0.29, 0.717) is 12.1 Å². The molecule has 1 rings (SSSR count). The largest absolute Gasteiger partial charge is 0.409 e. The van der Waals surface area contributed by atoms with Gasteiger partial charge in [0.15, 0.2) is 5.84 Å². The fourth-order valence-corrected chi connectivity index (χ4v) is 1.54. The summed E-state index contributed by atoms with van der Waals surface area (Å²) in [7, 11) is 0. The molecular weight excluding hydrogens is 245 g/mol. The van der Waals surface area contributed by atoms with Crippen LogP contribution in [-0.2, 0) is 6.54 Å². The lowest BCUT2D eigenvalue weighted by Gasteiger charge is -2.28. The number of benzene rings is 1. The lowest BCUT2D eigenvalue weighted by molar-refractivity contribution is 0.285. The first-order valence-corrected chi connectivity index (χ1v) is 6.25. The normalized spacial score (nSPS) is 14.5. The zero-order valence-corrected chi connectivity index (χ0v) is 11.9. The van der Waals surface area contributed by atoms with E-state index in [9.17, 15) is 4.39 Å². The molecule has 0 bridgehead atoms. The first-order valence-electron chi connectivity index (χ1n) is 6.25. The van der Waals surface area contributed by atoms with E-state index in [1.54, 1.807) is 6.07 Å². The molecular formula is C14H22FN3O. The second kappa shape index (κ2) is 6.02. The molecule has 0 fully saturated rings. The Bertz CT molecular complexity index is 466. The molecule has 4 nitrogen and oxygen atoms in total. The highest BCUT2D eigenvalue weighted by Gasteiger charge is 2.19. The third kappa shape index (κ3) is 4.52. The first-order chi connectivity index (χ1) is 8.74. The molecule has 106 valence electrons. The average molecular weight is 267 g/mol. The van der Waals surface area contributed by atoms with E-state index < -0.39 is 5.82 Å². The minimum atomic E-state index is -0.399. The van der Waals surface area contributed by atoms with Crippen molar-refractivity contribution in [3.05, 3.63) is 35.1 Å². The number of nitrogens with zero attached hydrogens (tertiary/aromatic N) is 1. The van der Waals surface area contributed by atoms with Crippen LogP contribution in [0, 0.1) is 11.2 Å². The third-order valence-electron chi connectivity index (χ3n) is 3.27. The molecule has 0 heterocycles. The Morgan fingerprint density at radius 2 is 2.05 bits per heavy atom. The Balaban J connectivity index is 2.82. The second-order valence-electron chi connectivity index (χ2n) is 5.80. The van der Waals surface area contributed by atoms with Gasteiger partial charge in [-0.05, 0) is 36.1 Å². The summed E-state index contributed by atoms with van der Waals surface area (Å²) in [5, 5.41) is 14.8. The van der Waals surface area contributed by atoms with Crippen LogP contribution in [0.25, 0.3) is 0 Å². The van der Waals surface area contributed by atoms with Gasteiger partial charge in [0.05, 0.1) is 0 Å². The zero-order chi connectivity index (χ0) is 14.6. The molecule has 0 amide bonds. The summed E-state index contributed by atoms with van der Waals surface area (Å²) in [4.78, 5) is 0. The van der Waals surface area contributed by atoms with E-state index in [2.05, 4.69) is 38.2 Å². The van der Waals surface area contributed by atoms with Crippen molar-refractivity contribution in [1.29, 1.82) is 0 Å². The first kappa shape index (κ1) is 15.4. The predicted molar refractivity (Wildman–Crippen MR) is 74.7 cm³/mol. The molecule has 5 heteroatoms. The number of rotatable bonds is 4. The van der Waals surface area contributed by atoms with Crippen molar-refractivity contribution in [2.75, 3.05) is 0 Å². The van der Waals surface area contributed by atoms with Gasteiger partial charge in [0.2, 0.25) is 0 Å². The fourth-order valence-electron chi connectivity index (χ4n) is 1.54. The molecule has 0 radical (unpaired) electrons. The van der Waals surface area contributed by atoms with Gasteiger partial charge in [-0.1, -0.05) is 25.9 Å². The maximum Gasteiger partial charge on any atom is 0.170 e. The number of nitrogens with one attached hydrogen (secondary N) is 1. The highest BCUT2D eigenvalue weighted by atomic mass is 19.1. The lowest BCUT2D eigenvalue weighted by Crippen LogP contribution is -2.37. The quantitative estimate of drug-likeness (QED) is 0.339. The van der Waals surface area contributed by atoms with Crippen molar-refractivity contribution < 1.29 is 9.60 Å². The number of nitrogens with two attached hydrogens (primary N) is 1. The highest BCUT2D eigenvalue weighted by Crippen LogP contribution is 2.19. The van der Waals surface area contributed by atoms with E-state index in [-0.39, 0.29) is 17.3 Å². The zero-order valence-electron chi connectivity index (χ0n) is 11.9. The van der Waals surface area contributed by atoms with Crippen LogP contribution in [0.1, 0.15) is 38.8 Å². The molecule has 0 saturated heterocycles. The van der Waals surface area contributed by atoms with E-state index in [4.69, 9.17) is 10.9 Å². The summed E-state index contributed by atoms with van der Waals surface area (Å²) < 4.78 is 13.5. The Hall–Kier alpha value is -1.62. The monoisotopic (exact) mass is 267 g/mol. The molecule has 1 aromatic rings. The minimum absolute atomic E-state index is 0.0929. The number of hydrogen-bond donors (Lipinski definition) is 3. The van der Waals surface area contributed by atoms with E-state index >= 15 is 0 Å². The van der Waals surface area contributed by atoms with Gasteiger partial charge in [0, 0.05) is 18.2 Å². The summed E-state index contributed by atoms with van der Waals surface area (Å²) in [5.74, 6) is -0.492. The van der Waals surface area contributed by atoms with Crippen LogP contribution in [0.5, 0.6) is 0 Å². The number of hydrogen-bond acceptors (Lipinski definition) is 3. The number of halogens is 1. The number of oxime groups is 1. The summed E-state index contributed by atoms with van der Waals surface area (Å²) in [6.45, 7) is 9.03. The average Bonchev–Trinajstić information content (AvgIpc) is 2.33. The van der Waals surface area contributed by atoms with Gasteiger partial charge in [0.25, 0.3) is 0 Å². The fraction of sp³-hybridized carbons (Fsp3) is 0.500. The molecule has 0 aromatic heterocycles. The molecule has 4 N–H and O–H groups in total. The smallest absolute Gasteiger partial charge is 0.170 e. The Morgan fingerprint density at radius 3 is 2.58 bits per heavy atom. The van der Waals surface area contributed by atoms with E-state index in [1.807, 2.05) is 0 Å². The van der Waals surface area contributed by atoms with Crippen molar-refractivity contribution in [1.82, 2.24) is 5.32 Å². The Kier molecular flexibility index (Phi) is 4.89. The highest BCUT2D eigenvalue weighted by molar-refractivity contribution is 5.97. The van der Waals surface area contributed by atoms with Crippen LogP contribution < -0.4 is 11.1 Å². The maximum atomic E-state index is 13.5. The van der Waals surface area contributed by atoms with Crippen molar-refractivity contribution >= 4 is 5.84 Å². The molecule has 0 aliphatic heterocycles. The standard InChI is InChI=1S/C14H22FN3O/c1-9(14(2,3)4)17-8-10-5-11(13(16)18-19)7-12(15)6-10/h5-7,9,17,19H,8H2,1-4H3,(H2,16,18). The van der Waals surface area contributed by atoms with Crippen molar-refractivity contribution in [3.63, 3.8) is 0 Å². The molecule has 1 aromatic carbocycles. The van der Waals surface area contributed by atoms with Gasteiger partial charge in [-0.25, -0.2) is 4.39 Å². The third-order valence-corrected chi connectivity index (χ3v) is 3.27. The Labute approximate surface area is 113 Å². The minimum Gasteiger partial charge on any atom is -0.409 e. The number of amidine groups is 1. The summed E-state index contributed by atoms with van der Waals surface area (Å²) in [5.41, 5.74) is 6.74. The predicted octanol–water partition coefficient (Wildman–Crippen LogP) is 2.44. The summed E-state index contributed by atoms with van der Waals surface area (Å²) in [6.07, 6.45) is 0. The van der Waals surface area contributed by atoms with E-state index in [0.717, 1.165) is 5.56 Å². The molecule has 1 unspecified atom stereocenters. The maximum absolute atomic E-state index is 13.5. The molecule has 1 atom stereocenters. The van der Waals surface area contributed by atoms with Crippen LogP contribution in [0.2, 0.25) is 0 Å². The molecule has 0 aliphatic carbocycles. The van der Waals surface area contributed by atoms with Crippen LogP contribution in [0.3, 0.4) is 0 Å². The molecule has 0 aliphatic rings. The van der Waals surface area contributed by atoms with Crippen LogP contribution in [0.4, 0.5) is 4.39 Å². The van der Waals surface area contributed by atoms with Gasteiger partial charge >= 0.3 is 0 Å². The van der Waals surface area contributed by atoms with Crippen LogP contribution >= 0.6 is 0 Å². The van der Waals surface area contributed by atoms with Gasteiger partial charge in [-0.3, -0.25) is 0 Å². The van der Waals surface area contributed by atoms with Gasteiger partial charge < -0.3 is 16.3 Å². The lowest BCUT2D eigenvalue weighted by atomic mass is 9.88. The van der Waals surface area contributed by atoms with Gasteiger partial charge in [0.1, 0.15) is 5.82 Å². The van der Waals surface area contributed by atoms with Crippen molar-refractivity contribution in [2.24, 2.45) is 16.3 Å². The topological polar surface area (TPSA) is 70.6 Å². The molecule has 19 heavy (non-hydrogen) atoms. The van der Waals surface area contributed by atoms with Crippen molar-refractivity contribution in [2.45, 2.75) is 40.3 Å². The summed E-state index contributed by atoms with van der Waals surface area (Å²) >= 11 is 0. The van der Waals surface area contributed by atoms with Crippen LogP contribution in [-0.4, -0.2) is 17.1 Å². The van der Waals surface area contributed by atoms with Crippen molar-refractivity contribution in [3.8, 4) is 0 Å². The van der Waals surface area contributed by atoms with Gasteiger partial charge in [-0.15, -0.1) is 0 Å². The van der Waals surface area contributed by atoms with E-state index in [1.165, 1.54) is 12.1 Å². The van der Waals surface area contributed by atoms with Gasteiger partial charge in [-0.2, -0.15) is 0 Å². The van der Waals surface area contributed by atoms with Crippen LogP contribution in [0.15, 0.2) is 23.4 Å². The second-order valence-corrected chi connectivity index (χ2v) is 5.80. The SMILES string of the molecule is CC(NCc1cc(F)cc(/C(N)=N/O)c1)C(C)(C)C. The Morgan fingerprint density at radius 1 is 1.42 bits per heavy atom.